The van der Waals surface area contributed by atoms with Crippen molar-refractivity contribution in [2.24, 2.45) is 13.0 Å². The van der Waals surface area contributed by atoms with Crippen molar-refractivity contribution >= 4 is 17.0 Å². The van der Waals surface area contributed by atoms with Gasteiger partial charge in [0.05, 0.1) is 6.04 Å². The Labute approximate surface area is 137 Å². The van der Waals surface area contributed by atoms with E-state index in [-0.39, 0.29) is 0 Å². The second-order valence-corrected chi connectivity index (χ2v) is 6.25. The number of aryl methyl sites for hydroxylation is 1. The smallest absolute Gasteiger partial charge is 0.212 e. The van der Waals surface area contributed by atoms with Crippen LogP contribution in [0.25, 0.3) is 17.0 Å². The van der Waals surface area contributed by atoms with Gasteiger partial charge in [-0.25, -0.2) is 0 Å². The maximum Gasteiger partial charge on any atom is 0.212 e. The van der Waals surface area contributed by atoms with E-state index in [1.165, 1.54) is 22.3 Å². The number of pyridine rings is 1. The van der Waals surface area contributed by atoms with E-state index in [4.69, 9.17) is 0 Å². The Morgan fingerprint density at radius 1 is 1.00 bits per heavy atom. The fraction of sp³-hybridized carbons (Fsp3) is 0.190. The quantitative estimate of drug-likeness (QED) is 0.730. The molecule has 4 rings (SSSR count). The summed E-state index contributed by atoms with van der Waals surface area (Å²) in [4.78, 5) is 2.36. The number of hydrogen-bond acceptors (Lipinski definition) is 1. The molecule has 2 atom stereocenters. The Morgan fingerprint density at radius 3 is 2.74 bits per heavy atom. The standard InChI is InChI=1S/C21H21N2/c1-22-18(13-11-16-7-3-5-9-20(16)22)15-19-14-12-17-8-4-6-10-21(17)23(19)2/h3-16,20H,1-2H3/q+1/t16-,20-/m1/s1. The van der Waals surface area contributed by atoms with E-state index in [0.717, 1.165) is 0 Å². The van der Waals surface area contributed by atoms with E-state index < -0.39 is 0 Å². The van der Waals surface area contributed by atoms with E-state index >= 15 is 0 Å². The van der Waals surface area contributed by atoms with Gasteiger partial charge in [-0.2, -0.15) is 4.57 Å². The van der Waals surface area contributed by atoms with Crippen molar-refractivity contribution in [1.82, 2.24) is 4.90 Å². The number of likely N-dealkylation sites (N-methyl/N-ethyl adjacent to an activating group) is 1. The van der Waals surface area contributed by atoms with Crippen LogP contribution in [0, 0.1) is 5.92 Å². The highest BCUT2D eigenvalue weighted by atomic mass is 15.1. The van der Waals surface area contributed by atoms with Crippen molar-refractivity contribution < 1.29 is 4.57 Å². The molecule has 0 saturated carbocycles. The summed E-state index contributed by atoms with van der Waals surface area (Å²) in [6.45, 7) is 0. The molecule has 0 unspecified atom stereocenters. The lowest BCUT2D eigenvalue weighted by Crippen LogP contribution is -2.38. The molecule has 1 aliphatic heterocycles. The van der Waals surface area contributed by atoms with E-state index in [1.807, 2.05) is 0 Å². The third kappa shape index (κ3) is 2.40. The first-order valence-electron chi connectivity index (χ1n) is 8.09. The zero-order valence-corrected chi connectivity index (χ0v) is 13.6. The van der Waals surface area contributed by atoms with Gasteiger partial charge in [-0.1, -0.05) is 42.5 Å². The average molecular weight is 301 g/mol. The lowest BCUT2D eigenvalue weighted by Gasteiger charge is -2.36. The van der Waals surface area contributed by atoms with Gasteiger partial charge in [0.25, 0.3) is 0 Å². The summed E-state index contributed by atoms with van der Waals surface area (Å²) in [7, 11) is 4.31. The van der Waals surface area contributed by atoms with Gasteiger partial charge in [0, 0.05) is 42.3 Å². The van der Waals surface area contributed by atoms with Crippen LogP contribution >= 0.6 is 0 Å². The normalized spacial score (nSPS) is 24.4. The van der Waals surface area contributed by atoms with Crippen LogP contribution in [0.2, 0.25) is 0 Å². The van der Waals surface area contributed by atoms with Crippen LogP contribution < -0.4 is 4.57 Å². The number of fused-ring (bicyclic) bond motifs is 2. The summed E-state index contributed by atoms with van der Waals surface area (Å²) in [5.41, 5.74) is 3.71. The predicted molar refractivity (Wildman–Crippen MR) is 95.6 cm³/mol. The van der Waals surface area contributed by atoms with Crippen LogP contribution in [-0.4, -0.2) is 18.0 Å². The van der Waals surface area contributed by atoms with Crippen molar-refractivity contribution in [3.63, 3.8) is 0 Å². The van der Waals surface area contributed by atoms with Gasteiger partial charge in [0.15, 0.2) is 0 Å². The molecule has 0 fully saturated rings. The average Bonchev–Trinajstić information content (AvgIpc) is 2.60. The second-order valence-electron chi connectivity index (χ2n) is 6.25. The summed E-state index contributed by atoms with van der Waals surface area (Å²) in [5, 5.41) is 1.27. The number of para-hydroxylation sites is 1. The third-order valence-electron chi connectivity index (χ3n) is 4.91. The van der Waals surface area contributed by atoms with E-state index in [2.05, 4.69) is 102 Å². The maximum absolute atomic E-state index is 2.36. The lowest BCUT2D eigenvalue weighted by atomic mass is 9.90. The third-order valence-corrected chi connectivity index (χ3v) is 4.91. The number of nitrogens with zero attached hydrogens (tertiary/aromatic N) is 2. The van der Waals surface area contributed by atoms with Gasteiger partial charge < -0.3 is 4.90 Å². The molecule has 23 heavy (non-hydrogen) atoms. The van der Waals surface area contributed by atoms with Crippen LogP contribution in [0.3, 0.4) is 0 Å². The highest BCUT2D eigenvalue weighted by Gasteiger charge is 2.25. The molecule has 114 valence electrons. The lowest BCUT2D eigenvalue weighted by molar-refractivity contribution is -0.646. The van der Waals surface area contributed by atoms with Gasteiger partial charge in [0.1, 0.15) is 7.05 Å². The molecule has 2 aliphatic rings. The molecule has 1 aliphatic carbocycles. The largest absolute Gasteiger partial charge is 0.367 e. The van der Waals surface area contributed by atoms with Gasteiger partial charge in [-0.3, -0.25) is 0 Å². The van der Waals surface area contributed by atoms with Crippen LogP contribution in [0.4, 0.5) is 0 Å². The zero-order chi connectivity index (χ0) is 15.8. The molecule has 0 saturated heterocycles. The van der Waals surface area contributed by atoms with Crippen molar-refractivity contribution in [2.75, 3.05) is 7.05 Å². The monoisotopic (exact) mass is 301 g/mol. The Balaban J connectivity index is 1.77. The number of hydrogen-bond donors (Lipinski definition) is 0. The minimum absolute atomic E-state index is 0.419. The van der Waals surface area contributed by atoms with Gasteiger partial charge in [0.2, 0.25) is 11.2 Å². The summed E-state index contributed by atoms with van der Waals surface area (Å²) in [6, 6.07) is 13.3. The van der Waals surface area contributed by atoms with Crippen molar-refractivity contribution in [3.8, 4) is 0 Å². The van der Waals surface area contributed by atoms with Gasteiger partial charge in [-0.15, -0.1) is 0 Å². The molecule has 0 bridgehead atoms. The molecule has 2 heterocycles. The Bertz CT molecular complexity index is 871. The zero-order valence-electron chi connectivity index (χ0n) is 13.6. The first-order valence-corrected chi connectivity index (χ1v) is 8.09. The maximum atomic E-state index is 2.36. The van der Waals surface area contributed by atoms with Gasteiger partial charge >= 0.3 is 0 Å². The molecule has 0 N–H and O–H groups in total. The Kier molecular flexibility index (Phi) is 3.38. The van der Waals surface area contributed by atoms with Gasteiger partial charge in [-0.05, 0) is 18.2 Å². The number of rotatable bonds is 1. The molecule has 2 heteroatoms. The van der Waals surface area contributed by atoms with Crippen molar-refractivity contribution in [1.29, 1.82) is 0 Å². The predicted octanol–water partition coefficient (Wildman–Crippen LogP) is 3.62. The molecular weight excluding hydrogens is 280 g/mol. The summed E-state index contributed by atoms with van der Waals surface area (Å²) >= 11 is 0. The fourth-order valence-electron chi connectivity index (χ4n) is 3.48. The Hall–Kier alpha value is -2.61. The number of aromatic nitrogens is 1. The first-order chi connectivity index (χ1) is 11.2. The fourth-order valence-corrected chi connectivity index (χ4v) is 3.48. The second kappa shape index (κ2) is 5.54. The molecule has 0 amide bonds. The van der Waals surface area contributed by atoms with E-state index in [9.17, 15) is 0 Å². The molecular formula is C21H21N2+. The van der Waals surface area contributed by atoms with Crippen LogP contribution in [0.1, 0.15) is 5.69 Å². The summed E-state index contributed by atoms with van der Waals surface area (Å²) < 4.78 is 2.26. The first kappa shape index (κ1) is 14.0. The minimum atomic E-state index is 0.419. The molecule has 2 nitrogen and oxygen atoms in total. The number of allylic oxidation sites excluding steroid dienone is 3. The molecule has 0 radical (unpaired) electrons. The number of benzene rings is 1. The molecule has 0 spiro atoms. The van der Waals surface area contributed by atoms with Crippen LogP contribution in [-0.2, 0) is 7.05 Å². The minimum Gasteiger partial charge on any atom is -0.367 e. The highest BCUT2D eigenvalue weighted by molar-refractivity contribution is 5.76. The summed E-state index contributed by atoms with van der Waals surface area (Å²) in [5.74, 6) is 0.479. The van der Waals surface area contributed by atoms with Crippen molar-refractivity contribution in [2.45, 2.75) is 6.04 Å². The van der Waals surface area contributed by atoms with Crippen molar-refractivity contribution in [3.05, 3.63) is 84.2 Å². The molecule has 2 aromatic rings. The van der Waals surface area contributed by atoms with E-state index in [1.54, 1.807) is 0 Å². The van der Waals surface area contributed by atoms with Crippen LogP contribution in [0.5, 0.6) is 0 Å². The van der Waals surface area contributed by atoms with E-state index in [0.29, 0.717) is 12.0 Å². The highest BCUT2D eigenvalue weighted by Crippen LogP contribution is 2.28. The molecule has 1 aromatic carbocycles. The molecule has 1 aromatic heterocycles. The topological polar surface area (TPSA) is 7.12 Å². The Morgan fingerprint density at radius 2 is 1.83 bits per heavy atom. The van der Waals surface area contributed by atoms with Crippen LogP contribution in [0.15, 0.2) is 78.6 Å². The summed E-state index contributed by atoms with van der Waals surface area (Å²) in [6.07, 6.45) is 15.6. The SMILES string of the molecule is CN1/C(=C/c2ccc3ccccc3[n+]2C)C=C[C@H]2C=CC=C[C@H]21.